The largest absolute Gasteiger partial charge is 0.411 e. The number of oxime groups is 1. The number of nitrogens with zero attached hydrogens (tertiary/aromatic N) is 1. The zero-order chi connectivity index (χ0) is 9.94. The molecule has 0 aromatic rings. The van der Waals surface area contributed by atoms with Crippen LogP contribution in [0.4, 0.5) is 0 Å². The minimum atomic E-state index is 0.891. The smallest absolute Gasteiger partial charge is 0.0693 e. The highest BCUT2D eigenvalue weighted by Gasteiger charge is 1.85. The van der Waals surface area contributed by atoms with E-state index in [1.807, 2.05) is 19.1 Å². The van der Waals surface area contributed by atoms with Crippen LogP contribution in [-0.4, -0.2) is 11.4 Å². The molecule has 0 atom stereocenters. The van der Waals surface area contributed by atoms with Gasteiger partial charge in [0.2, 0.25) is 0 Å². The summed E-state index contributed by atoms with van der Waals surface area (Å²) in [7, 11) is 0. The molecule has 0 radical (unpaired) electrons. The molecule has 0 amide bonds. The van der Waals surface area contributed by atoms with Gasteiger partial charge in [0.15, 0.2) is 0 Å². The maximum atomic E-state index is 8.31. The van der Waals surface area contributed by atoms with Crippen LogP contribution in [0.3, 0.4) is 0 Å². The molecule has 0 saturated heterocycles. The average Bonchev–Trinajstić information content (AvgIpc) is 2.16. The Kier molecular flexibility index (Phi) is 8.31. The molecule has 1 N–H and O–H groups in total. The predicted octanol–water partition coefficient (Wildman–Crippen LogP) is 3.53. The first kappa shape index (κ1) is 11.9. The Hall–Kier alpha value is -1.05. The summed E-state index contributed by atoms with van der Waals surface area (Å²) < 4.78 is 0. The van der Waals surface area contributed by atoms with Crippen LogP contribution in [0.15, 0.2) is 29.0 Å². The highest BCUT2D eigenvalue weighted by Crippen LogP contribution is 1.99. The molecule has 0 aromatic heterocycles. The van der Waals surface area contributed by atoms with Gasteiger partial charge >= 0.3 is 0 Å². The quantitative estimate of drug-likeness (QED) is 0.219. The van der Waals surface area contributed by atoms with E-state index in [2.05, 4.69) is 18.2 Å². The van der Waals surface area contributed by atoms with Crippen LogP contribution in [-0.2, 0) is 0 Å². The molecular formula is C11H19NO. The molecule has 0 bridgehead atoms. The highest BCUT2D eigenvalue weighted by molar-refractivity contribution is 5.78. The third-order valence-electron chi connectivity index (χ3n) is 1.80. The Morgan fingerprint density at radius 1 is 1.38 bits per heavy atom. The number of rotatable bonds is 6. The van der Waals surface area contributed by atoms with Crippen molar-refractivity contribution in [1.82, 2.24) is 0 Å². The van der Waals surface area contributed by atoms with E-state index < -0.39 is 0 Å². The normalized spacial score (nSPS) is 13.2. The van der Waals surface area contributed by atoms with Crippen LogP contribution in [0.5, 0.6) is 0 Å². The van der Waals surface area contributed by atoms with Crippen molar-refractivity contribution >= 4 is 6.21 Å². The lowest BCUT2D eigenvalue weighted by atomic mass is 10.2. The fourth-order valence-electron chi connectivity index (χ4n) is 0.936. The van der Waals surface area contributed by atoms with Gasteiger partial charge in [0.05, 0.1) is 6.21 Å². The molecular weight excluding hydrogens is 162 g/mol. The van der Waals surface area contributed by atoms with Crippen LogP contribution < -0.4 is 0 Å². The number of hydrogen-bond acceptors (Lipinski definition) is 2. The van der Waals surface area contributed by atoms with E-state index in [-0.39, 0.29) is 0 Å². The molecule has 0 heterocycles. The van der Waals surface area contributed by atoms with Crippen molar-refractivity contribution in [1.29, 1.82) is 0 Å². The maximum absolute atomic E-state index is 8.31. The molecule has 0 aromatic carbocycles. The van der Waals surface area contributed by atoms with Gasteiger partial charge in [0, 0.05) is 0 Å². The summed E-state index contributed by atoms with van der Waals surface area (Å²) in [5, 5.41) is 11.3. The second-order valence-corrected chi connectivity index (χ2v) is 2.91. The summed E-state index contributed by atoms with van der Waals surface area (Å²) in [6, 6.07) is 0. The Balaban J connectivity index is 3.83. The molecule has 0 fully saturated rings. The topological polar surface area (TPSA) is 32.6 Å². The van der Waals surface area contributed by atoms with E-state index in [4.69, 9.17) is 5.21 Å². The third-order valence-corrected chi connectivity index (χ3v) is 1.80. The van der Waals surface area contributed by atoms with E-state index >= 15 is 0 Å². The van der Waals surface area contributed by atoms with Crippen molar-refractivity contribution in [3.8, 4) is 0 Å². The molecule has 13 heavy (non-hydrogen) atoms. The van der Waals surface area contributed by atoms with Gasteiger partial charge in [-0.05, 0) is 18.4 Å². The highest BCUT2D eigenvalue weighted by atomic mass is 16.4. The van der Waals surface area contributed by atoms with Crippen molar-refractivity contribution in [2.24, 2.45) is 5.16 Å². The van der Waals surface area contributed by atoms with Gasteiger partial charge in [-0.15, -0.1) is 0 Å². The zero-order valence-corrected chi connectivity index (χ0v) is 8.53. The Labute approximate surface area is 80.7 Å². The summed E-state index contributed by atoms with van der Waals surface area (Å²) in [5.74, 6) is 0. The standard InChI is InChI=1S/C11H19NO/c1-3-5-6-7-8-9-11(4-2)10-12-13/h7-10,13H,3-6H2,1-2H3/b8-7+,11-9+,12-10+. The van der Waals surface area contributed by atoms with Gasteiger partial charge in [0.1, 0.15) is 0 Å². The molecule has 0 aliphatic rings. The van der Waals surface area contributed by atoms with Crippen molar-refractivity contribution in [3.05, 3.63) is 23.8 Å². The summed E-state index contributed by atoms with van der Waals surface area (Å²) >= 11 is 0. The summed E-state index contributed by atoms with van der Waals surface area (Å²) in [5.41, 5.74) is 1.04. The first-order valence-corrected chi connectivity index (χ1v) is 4.88. The van der Waals surface area contributed by atoms with Crippen LogP contribution in [0.2, 0.25) is 0 Å². The molecule has 2 nitrogen and oxygen atoms in total. The Bertz CT molecular complexity index is 192. The number of unbranched alkanes of at least 4 members (excludes halogenated alkanes) is 2. The van der Waals surface area contributed by atoms with Crippen molar-refractivity contribution in [3.63, 3.8) is 0 Å². The minimum Gasteiger partial charge on any atom is -0.411 e. The Morgan fingerprint density at radius 3 is 2.69 bits per heavy atom. The molecule has 0 aliphatic heterocycles. The van der Waals surface area contributed by atoms with Gasteiger partial charge in [-0.25, -0.2) is 0 Å². The SMILES string of the molecule is CCCC/C=C/C=C(/C=N/O)CC. The third kappa shape index (κ3) is 7.32. The van der Waals surface area contributed by atoms with Crippen molar-refractivity contribution in [2.75, 3.05) is 0 Å². The van der Waals surface area contributed by atoms with Gasteiger partial charge < -0.3 is 5.21 Å². The van der Waals surface area contributed by atoms with E-state index in [0.29, 0.717) is 0 Å². The maximum Gasteiger partial charge on any atom is 0.0693 e. The molecule has 0 unspecified atom stereocenters. The van der Waals surface area contributed by atoms with E-state index in [1.54, 1.807) is 0 Å². The fourth-order valence-corrected chi connectivity index (χ4v) is 0.936. The zero-order valence-electron chi connectivity index (χ0n) is 8.53. The Morgan fingerprint density at radius 2 is 2.15 bits per heavy atom. The predicted molar refractivity (Wildman–Crippen MR) is 57.3 cm³/mol. The number of allylic oxidation sites excluding steroid dienone is 4. The first-order valence-electron chi connectivity index (χ1n) is 4.88. The molecule has 0 saturated carbocycles. The van der Waals surface area contributed by atoms with Gasteiger partial charge in [-0.1, -0.05) is 50.1 Å². The summed E-state index contributed by atoms with van der Waals surface area (Å²) in [6.07, 6.45) is 12.1. The van der Waals surface area contributed by atoms with Gasteiger partial charge in [0.25, 0.3) is 0 Å². The monoisotopic (exact) mass is 181 g/mol. The average molecular weight is 181 g/mol. The van der Waals surface area contributed by atoms with Crippen LogP contribution in [0.1, 0.15) is 39.5 Å². The van der Waals surface area contributed by atoms with E-state index in [9.17, 15) is 0 Å². The molecule has 0 rings (SSSR count). The molecule has 0 spiro atoms. The van der Waals surface area contributed by atoms with Crippen LogP contribution in [0.25, 0.3) is 0 Å². The fraction of sp³-hybridized carbons (Fsp3) is 0.545. The second-order valence-electron chi connectivity index (χ2n) is 2.91. The van der Waals surface area contributed by atoms with E-state index in [1.165, 1.54) is 19.1 Å². The summed E-state index contributed by atoms with van der Waals surface area (Å²) in [6.45, 7) is 4.22. The van der Waals surface area contributed by atoms with Crippen LogP contribution in [0, 0.1) is 0 Å². The number of hydrogen-bond donors (Lipinski definition) is 1. The first-order chi connectivity index (χ1) is 6.35. The lowest BCUT2D eigenvalue weighted by molar-refractivity contribution is 0.321. The molecule has 74 valence electrons. The lowest BCUT2D eigenvalue weighted by Gasteiger charge is -1.91. The molecule has 2 heteroatoms. The van der Waals surface area contributed by atoms with Gasteiger partial charge in [-0.3, -0.25) is 0 Å². The van der Waals surface area contributed by atoms with Crippen molar-refractivity contribution < 1.29 is 5.21 Å². The minimum absolute atomic E-state index is 0.891. The summed E-state index contributed by atoms with van der Waals surface area (Å²) in [4.78, 5) is 0. The van der Waals surface area contributed by atoms with Crippen LogP contribution >= 0.6 is 0 Å². The molecule has 0 aliphatic carbocycles. The van der Waals surface area contributed by atoms with Crippen molar-refractivity contribution in [2.45, 2.75) is 39.5 Å². The lowest BCUT2D eigenvalue weighted by Crippen LogP contribution is -1.80. The van der Waals surface area contributed by atoms with E-state index in [0.717, 1.165) is 18.4 Å². The van der Waals surface area contributed by atoms with Gasteiger partial charge in [-0.2, -0.15) is 0 Å². The second kappa shape index (κ2) is 9.04.